The molecule has 0 amide bonds. The highest BCUT2D eigenvalue weighted by atomic mass is 15.4. The van der Waals surface area contributed by atoms with Gasteiger partial charge in [0.15, 0.2) is 0 Å². The molecular formula is C18H20N4. The molecule has 2 aliphatic rings. The number of hydrazone groups is 1. The van der Waals surface area contributed by atoms with Gasteiger partial charge in [0, 0.05) is 50.1 Å². The average molecular weight is 292 g/mol. The molecule has 2 unspecified atom stereocenters. The summed E-state index contributed by atoms with van der Waals surface area (Å²) in [5.74, 6) is 0.472. The van der Waals surface area contributed by atoms with Crippen LogP contribution in [0, 0.1) is 5.92 Å². The zero-order valence-corrected chi connectivity index (χ0v) is 12.5. The summed E-state index contributed by atoms with van der Waals surface area (Å²) in [5, 5.41) is 4.58. The van der Waals surface area contributed by atoms with Gasteiger partial charge in [0.05, 0.1) is 6.04 Å². The first-order valence-corrected chi connectivity index (χ1v) is 7.88. The summed E-state index contributed by atoms with van der Waals surface area (Å²) < 4.78 is 0. The van der Waals surface area contributed by atoms with Crippen LogP contribution >= 0.6 is 0 Å². The first-order valence-electron chi connectivity index (χ1n) is 7.88. The van der Waals surface area contributed by atoms with Crippen molar-refractivity contribution in [3.63, 3.8) is 0 Å². The van der Waals surface area contributed by atoms with Gasteiger partial charge in [-0.05, 0) is 23.3 Å². The van der Waals surface area contributed by atoms with Crippen LogP contribution in [0.4, 0.5) is 0 Å². The molecule has 0 bridgehead atoms. The quantitative estimate of drug-likeness (QED) is 0.945. The van der Waals surface area contributed by atoms with Gasteiger partial charge >= 0.3 is 0 Å². The molecule has 1 fully saturated rings. The van der Waals surface area contributed by atoms with E-state index >= 15 is 0 Å². The second kappa shape index (κ2) is 5.89. The minimum absolute atomic E-state index is 0.288. The van der Waals surface area contributed by atoms with Crippen LogP contribution in [0.2, 0.25) is 0 Å². The number of aromatic nitrogens is 1. The zero-order chi connectivity index (χ0) is 14.8. The summed E-state index contributed by atoms with van der Waals surface area (Å²) in [5.41, 5.74) is 7.32. The summed E-state index contributed by atoms with van der Waals surface area (Å²) in [4.78, 5) is 6.66. The summed E-state index contributed by atoms with van der Waals surface area (Å²) in [7, 11) is 0. The smallest absolute Gasteiger partial charge is 0.0783 e. The maximum absolute atomic E-state index is 4.58. The SMILES string of the molecule is c1ccc(CN2CCC3=NNC(c4ccncc4)C3C2)cc1. The Morgan fingerprint density at radius 2 is 1.91 bits per heavy atom. The molecule has 0 aliphatic carbocycles. The van der Waals surface area contributed by atoms with Crippen molar-refractivity contribution >= 4 is 5.71 Å². The van der Waals surface area contributed by atoms with Gasteiger partial charge in [0.25, 0.3) is 0 Å². The van der Waals surface area contributed by atoms with Crippen molar-refractivity contribution in [3.05, 3.63) is 66.0 Å². The van der Waals surface area contributed by atoms with Crippen LogP contribution in [-0.2, 0) is 6.54 Å². The number of nitrogens with zero attached hydrogens (tertiary/aromatic N) is 3. The highest BCUT2D eigenvalue weighted by molar-refractivity contribution is 5.89. The first-order chi connectivity index (χ1) is 10.9. The fourth-order valence-electron chi connectivity index (χ4n) is 3.47. The lowest BCUT2D eigenvalue weighted by molar-refractivity contribution is 0.220. The predicted octanol–water partition coefficient (Wildman–Crippen LogP) is 2.60. The molecule has 0 saturated carbocycles. The van der Waals surface area contributed by atoms with Crippen molar-refractivity contribution in [1.29, 1.82) is 0 Å². The van der Waals surface area contributed by atoms with Crippen molar-refractivity contribution < 1.29 is 0 Å². The molecule has 0 spiro atoms. The molecule has 2 aliphatic heterocycles. The van der Waals surface area contributed by atoms with Gasteiger partial charge < -0.3 is 5.43 Å². The van der Waals surface area contributed by atoms with E-state index in [4.69, 9.17) is 0 Å². The van der Waals surface area contributed by atoms with E-state index in [2.05, 4.69) is 62.9 Å². The number of likely N-dealkylation sites (tertiary alicyclic amines) is 1. The zero-order valence-electron chi connectivity index (χ0n) is 12.5. The minimum Gasteiger partial charge on any atom is -0.302 e. The van der Waals surface area contributed by atoms with Crippen molar-refractivity contribution in [2.24, 2.45) is 11.0 Å². The van der Waals surface area contributed by atoms with E-state index in [1.54, 1.807) is 0 Å². The Morgan fingerprint density at radius 3 is 2.73 bits per heavy atom. The molecule has 1 aromatic heterocycles. The average Bonchev–Trinajstić information content (AvgIpc) is 3.00. The molecule has 4 rings (SSSR count). The van der Waals surface area contributed by atoms with Crippen molar-refractivity contribution in [2.45, 2.75) is 19.0 Å². The van der Waals surface area contributed by atoms with Crippen LogP contribution in [0.25, 0.3) is 0 Å². The van der Waals surface area contributed by atoms with E-state index in [0.29, 0.717) is 5.92 Å². The number of fused-ring (bicyclic) bond motifs is 1. The topological polar surface area (TPSA) is 40.5 Å². The van der Waals surface area contributed by atoms with E-state index < -0.39 is 0 Å². The minimum atomic E-state index is 0.288. The third-order valence-corrected chi connectivity index (χ3v) is 4.63. The summed E-state index contributed by atoms with van der Waals surface area (Å²) >= 11 is 0. The Balaban J connectivity index is 1.49. The molecule has 112 valence electrons. The Kier molecular flexibility index (Phi) is 3.60. The molecule has 1 N–H and O–H groups in total. The molecule has 0 radical (unpaired) electrons. The van der Waals surface area contributed by atoms with E-state index in [1.807, 2.05) is 12.4 Å². The van der Waals surface area contributed by atoms with Crippen molar-refractivity contribution in [3.8, 4) is 0 Å². The lowest BCUT2D eigenvalue weighted by atomic mass is 9.86. The van der Waals surface area contributed by atoms with Gasteiger partial charge in [-0.1, -0.05) is 30.3 Å². The second-order valence-electron chi connectivity index (χ2n) is 6.07. The highest BCUT2D eigenvalue weighted by Crippen LogP contribution is 2.32. The number of pyridine rings is 1. The van der Waals surface area contributed by atoms with E-state index in [0.717, 1.165) is 26.1 Å². The molecule has 2 atom stereocenters. The number of benzene rings is 1. The number of hydrogen-bond donors (Lipinski definition) is 1. The molecule has 4 nitrogen and oxygen atoms in total. The Morgan fingerprint density at radius 1 is 1.09 bits per heavy atom. The third kappa shape index (κ3) is 2.62. The molecule has 4 heteroatoms. The van der Waals surface area contributed by atoms with Gasteiger partial charge in [-0.15, -0.1) is 0 Å². The molecule has 22 heavy (non-hydrogen) atoms. The van der Waals surface area contributed by atoms with Crippen LogP contribution in [0.1, 0.15) is 23.6 Å². The fourth-order valence-corrected chi connectivity index (χ4v) is 3.47. The largest absolute Gasteiger partial charge is 0.302 e. The van der Waals surface area contributed by atoms with Crippen LogP contribution in [-0.4, -0.2) is 28.7 Å². The van der Waals surface area contributed by atoms with Gasteiger partial charge in [-0.2, -0.15) is 5.10 Å². The van der Waals surface area contributed by atoms with Crippen LogP contribution in [0.15, 0.2) is 60.0 Å². The molecule has 1 saturated heterocycles. The van der Waals surface area contributed by atoms with Gasteiger partial charge in [0.1, 0.15) is 0 Å². The summed E-state index contributed by atoms with van der Waals surface area (Å²) in [6.45, 7) is 3.18. The first kappa shape index (κ1) is 13.5. The maximum atomic E-state index is 4.58. The van der Waals surface area contributed by atoms with Crippen LogP contribution in [0.5, 0.6) is 0 Å². The summed E-state index contributed by atoms with van der Waals surface area (Å²) in [6.07, 6.45) is 4.78. The van der Waals surface area contributed by atoms with E-state index in [1.165, 1.54) is 16.8 Å². The lowest BCUT2D eigenvalue weighted by Gasteiger charge is -2.33. The van der Waals surface area contributed by atoms with Crippen molar-refractivity contribution in [1.82, 2.24) is 15.3 Å². The van der Waals surface area contributed by atoms with Crippen LogP contribution < -0.4 is 5.43 Å². The standard InChI is InChI=1S/C18H20N4/c1-2-4-14(5-3-1)12-22-11-8-17-16(13-22)18(21-20-17)15-6-9-19-10-7-15/h1-7,9-10,16,18,21H,8,11-13H2. The fraction of sp³-hybridized carbons (Fsp3) is 0.333. The normalized spacial score (nSPS) is 24.5. The molecule has 3 heterocycles. The van der Waals surface area contributed by atoms with Gasteiger partial charge in [-0.25, -0.2) is 0 Å². The predicted molar refractivity (Wildman–Crippen MR) is 87.4 cm³/mol. The molecule has 2 aromatic rings. The third-order valence-electron chi connectivity index (χ3n) is 4.63. The van der Waals surface area contributed by atoms with Crippen molar-refractivity contribution in [2.75, 3.05) is 13.1 Å². The number of piperidine rings is 1. The Hall–Kier alpha value is -2.20. The van der Waals surface area contributed by atoms with E-state index in [9.17, 15) is 0 Å². The number of hydrogen-bond acceptors (Lipinski definition) is 4. The molecular weight excluding hydrogens is 272 g/mol. The summed E-state index contributed by atoms with van der Waals surface area (Å²) in [6, 6.07) is 15.2. The Labute approximate surface area is 130 Å². The highest BCUT2D eigenvalue weighted by Gasteiger charge is 2.36. The molecule has 1 aromatic carbocycles. The van der Waals surface area contributed by atoms with Gasteiger partial charge in [0.2, 0.25) is 0 Å². The second-order valence-corrected chi connectivity index (χ2v) is 6.07. The number of nitrogens with one attached hydrogen (secondary N) is 1. The van der Waals surface area contributed by atoms with Gasteiger partial charge in [-0.3, -0.25) is 9.88 Å². The van der Waals surface area contributed by atoms with E-state index in [-0.39, 0.29) is 6.04 Å². The maximum Gasteiger partial charge on any atom is 0.0783 e. The monoisotopic (exact) mass is 292 g/mol. The lowest BCUT2D eigenvalue weighted by Crippen LogP contribution is -2.41. The Bertz CT molecular complexity index is 653. The van der Waals surface area contributed by atoms with Crippen LogP contribution in [0.3, 0.4) is 0 Å². The number of rotatable bonds is 3.